The first-order valence-electron chi connectivity index (χ1n) is 8.91. The van der Waals surface area contributed by atoms with E-state index in [0.29, 0.717) is 0 Å². The Labute approximate surface area is 163 Å². The molecule has 0 bridgehead atoms. The van der Waals surface area contributed by atoms with Crippen LogP contribution in [-0.2, 0) is 25.7 Å². The number of hydrogen-bond donors (Lipinski definition) is 4. The van der Waals surface area contributed by atoms with Gasteiger partial charge in [0.1, 0.15) is 18.7 Å². The predicted octanol–water partition coefficient (Wildman–Crippen LogP) is 1.76. The highest BCUT2D eigenvalue weighted by Gasteiger charge is 2.27. The van der Waals surface area contributed by atoms with Crippen LogP contribution >= 0.6 is 0 Å². The normalized spacial score (nSPS) is 12.7. The molecule has 0 unspecified atom stereocenters. The summed E-state index contributed by atoms with van der Waals surface area (Å²) in [5, 5.41) is 22.6. The van der Waals surface area contributed by atoms with Gasteiger partial charge in [-0.25, -0.2) is 9.59 Å². The maximum atomic E-state index is 12.5. The van der Waals surface area contributed by atoms with Crippen LogP contribution in [0.3, 0.4) is 0 Å². The van der Waals surface area contributed by atoms with Crippen molar-refractivity contribution in [2.75, 3.05) is 0 Å². The fourth-order valence-electron chi connectivity index (χ4n) is 2.41. The van der Waals surface area contributed by atoms with E-state index in [1.54, 1.807) is 24.3 Å². The summed E-state index contributed by atoms with van der Waals surface area (Å²) < 4.78 is 5.10. The van der Waals surface area contributed by atoms with E-state index in [1.807, 2.05) is 19.9 Å². The molecule has 0 aliphatic carbocycles. The van der Waals surface area contributed by atoms with E-state index in [9.17, 15) is 24.3 Å². The SMILES string of the molecule is CC(C)C[C@H](NC(=O)OCc1ccccc1)C(=O)N[C@H](CCC(=O)O)C(=O)O. The predicted molar refractivity (Wildman–Crippen MR) is 99.4 cm³/mol. The van der Waals surface area contributed by atoms with Gasteiger partial charge in [-0.05, 0) is 24.3 Å². The van der Waals surface area contributed by atoms with E-state index >= 15 is 0 Å². The first-order valence-corrected chi connectivity index (χ1v) is 8.91. The molecule has 0 saturated heterocycles. The number of alkyl carbamates (subject to hydrolysis) is 1. The highest BCUT2D eigenvalue weighted by Crippen LogP contribution is 2.08. The zero-order valence-corrected chi connectivity index (χ0v) is 15.9. The van der Waals surface area contributed by atoms with Crippen molar-refractivity contribution in [1.82, 2.24) is 10.6 Å². The molecule has 1 rings (SSSR count). The van der Waals surface area contributed by atoms with E-state index < -0.39 is 42.4 Å². The van der Waals surface area contributed by atoms with Crippen LogP contribution in [0.5, 0.6) is 0 Å². The molecule has 0 aromatic heterocycles. The highest BCUT2D eigenvalue weighted by atomic mass is 16.5. The molecule has 9 heteroatoms. The third-order valence-corrected chi connectivity index (χ3v) is 3.79. The molecule has 28 heavy (non-hydrogen) atoms. The van der Waals surface area contributed by atoms with Crippen LogP contribution in [0.1, 0.15) is 38.7 Å². The maximum absolute atomic E-state index is 12.5. The number of nitrogens with one attached hydrogen (secondary N) is 2. The van der Waals surface area contributed by atoms with Crippen LogP contribution in [0.15, 0.2) is 30.3 Å². The maximum Gasteiger partial charge on any atom is 0.408 e. The summed E-state index contributed by atoms with van der Waals surface area (Å²) in [5.74, 6) is -3.18. The Morgan fingerprint density at radius 1 is 1.00 bits per heavy atom. The van der Waals surface area contributed by atoms with Gasteiger partial charge in [0, 0.05) is 6.42 Å². The molecule has 0 spiro atoms. The summed E-state index contributed by atoms with van der Waals surface area (Å²) in [5.41, 5.74) is 0.780. The number of rotatable bonds is 11. The molecule has 0 heterocycles. The van der Waals surface area contributed by atoms with Crippen molar-refractivity contribution < 1.29 is 34.1 Å². The number of benzene rings is 1. The van der Waals surface area contributed by atoms with Crippen LogP contribution in [0.2, 0.25) is 0 Å². The fraction of sp³-hybridized carbons (Fsp3) is 0.474. The van der Waals surface area contributed by atoms with Crippen molar-refractivity contribution >= 4 is 23.9 Å². The molecule has 0 aliphatic rings. The number of hydrogen-bond acceptors (Lipinski definition) is 5. The second-order valence-corrected chi connectivity index (χ2v) is 6.72. The lowest BCUT2D eigenvalue weighted by Crippen LogP contribution is -2.52. The van der Waals surface area contributed by atoms with Gasteiger partial charge < -0.3 is 25.6 Å². The molecule has 1 aromatic carbocycles. The number of carbonyl (C=O) groups is 4. The summed E-state index contributed by atoms with van der Waals surface area (Å²) >= 11 is 0. The lowest BCUT2D eigenvalue weighted by Gasteiger charge is -2.22. The Bertz CT molecular complexity index is 676. The molecular weight excluding hydrogens is 368 g/mol. The Kier molecular flexibility index (Phi) is 9.49. The van der Waals surface area contributed by atoms with E-state index in [1.165, 1.54) is 0 Å². The molecule has 0 radical (unpaired) electrons. The van der Waals surface area contributed by atoms with E-state index in [-0.39, 0.29) is 25.4 Å². The summed E-state index contributed by atoms with van der Waals surface area (Å²) in [4.78, 5) is 46.4. The minimum atomic E-state index is -1.36. The van der Waals surface area contributed by atoms with Crippen molar-refractivity contribution in [3.05, 3.63) is 35.9 Å². The van der Waals surface area contributed by atoms with E-state index in [2.05, 4.69) is 10.6 Å². The molecule has 4 N–H and O–H groups in total. The molecule has 0 fully saturated rings. The van der Waals surface area contributed by atoms with Gasteiger partial charge in [0.05, 0.1) is 0 Å². The Hall–Kier alpha value is -3.10. The molecule has 1 aromatic rings. The van der Waals surface area contributed by atoms with Gasteiger partial charge in [0.25, 0.3) is 0 Å². The molecule has 154 valence electrons. The molecule has 9 nitrogen and oxygen atoms in total. The van der Waals surface area contributed by atoms with Crippen molar-refractivity contribution in [3.63, 3.8) is 0 Å². The van der Waals surface area contributed by atoms with Crippen molar-refractivity contribution in [2.24, 2.45) is 5.92 Å². The number of aliphatic carboxylic acids is 2. The summed E-state index contributed by atoms with van der Waals surface area (Å²) in [6.45, 7) is 3.71. The van der Waals surface area contributed by atoms with Crippen molar-refractivity contribution in [3.8, 4) is 0 Å². The lowest BCUT2D eigenvalue weighted by molar-refractivity contribution is -0.143. The Balaban J connectivity index is 2.68. The zero-order chi connectivity index (χ0) is 21.1. The average molecular weight is 394 g/mol. The average Bonchev–Trinajstić information content (AvgIpc) is 2.62. The number of carboxylic acid groups (broad SMARTS) is 2. The van der Waals surface area contributed by atoms with Gasteiger partial charge in [0.2, 0.25) is 5.91 Å². The quantitative estimate of drug-likeness (QED) is 0.448. The monoisotopic (exact) mass is 394 g/mol. The summed E-state index contributed by atoms with van der Waals surface area (Å²) in [6.07, 6.45) is -1.21. The Morgan fingerprint density at radius 2 is 1.64 bits per heavy atom. The van der Waals surface area contributed by atoms with Crippen molar-refractivity contribution in [1.29, 1.82) is 0 Å². The molecule has 2 atom stereocenters. The lowest BCUT2D eigenvalue weighted by atomic mass is 10.0. The van der Waals surface area contributed by atoms with Gasteiger partial charge in [-0.15, -0.1) is 0 Å². The molecular formula is C19H26N2O7. The van der Waals surface area contributed by atoms with Gasteiger partial charge in [-0.2, -0.15) is 0 Å². The summed E-state index contributed by atoms with van der Waals surface area (Å²) in [6, 6.07) is 6.63. The van der Waals surface area contributed by atoms with E-state index in [0.717, 1.165) is 5.56 Å². The first kappa shape index (κ1) is 22.9. The van der Waals surface area contributed by atoms with Gasteiger partial charge in [-0.3, -0.25) is 9.59 Å². The van der Waals surface area contributed by atoms with Crippen LogP contribution in [0.4, 0.5) is 4.79 Å². The molecule has 0 aliphatic heterocycles. The third-order valence-electron chi connectivity index (χ3n) is 3.79. The number of amides is 2. The number of ether oxygens (including phenoxy) is 1. The molecule has 0 saturated carbocycles. The highest BCUT2D eigenvalue weighted by molar-refractivity contribution is 5.89. The molecule has 2 amide bonds. The van der Waals surface area contributed by atoms with Crippen LogP contribution in [-0.4, -0.2) is 46.2 Å². The standard InChI is InChI=1S/C19H26N2O7/c1-12(2)10-15(17(24)20-14(18(25)26)8-9-16(22)23)21-19(27)28-11-13-6-4-3-5-7-13/h3-7,12,14-15H,8-11H2,1-2H3,(H,20,24)(H,21,27)(H,22,23)(H,25,26)/t14-,15+/m1/s1. The smallest absolute Gasteiger partial charge is 0.408 e. The Morgan fingerprint density at radius 3 is 2.18 bits per heavy atom. The van der Waals surface area contributed by atoms with Crippen molar-refractivity contribution in [2.45, 2.75) is 51.8 Å². The second-order valence-electron chi connectivity index (χ2n) is 6.72. The van der Waals surface area contributed by atoms with Gasteiger partial charge in [-0.1, -0.05) is 44.2 Å². The van der Waals surface area contributed by atoms with Crippen LogP contribution in [0.25, 0.3) is 0 Å². The topological polar surface area (TPSA) is 142 Å². The van der Waals surface area contributed by atoms with Crippen LogP contribution < -0.4 is 10.6 Å². The fourth-order valence-corrected chi connectivity index (χ4v) is 2.41. The van der Waals surface area contributed by atoms with Crippen LogP contribution in [0, 0.1) is 5.92 Å². The minimum absolute atomic E-state index is 0.0268. The van der Waals surface area contributed by atoms with E-state index in [4.69, 9.17) is 9.84 Å². The second kappa shape index (κ2) is 11.6. The first-order chi connectivity index (χ1) is 13.2. The largest absolute Gasteiger partial charge is 0.481 e. The number of carbonyl (C=O) groups excluding carboxylic acids is 2. The summed E-state index contributed by atoms with van der Waals surface area (Å²) in [7, 11) is 0. The number of carboxylic acids is 2. The van der Waals surface area contributed by atoms with Gasteiger partial charge >= 0.3 is 18.0 Å². The third kappa shape index (κ3) is 9.02. The minimum Gasteiger partial charge on any atom is -0.481 e. The zero-order valence-electron chi connectivity index (χ0n) is 15.9. The van der Waals surface area contributed by atoms with Gasteiger partial charge in [0.15, 0.2) is 0 Å².